The molecule has 25 nitrogen and oxygen atoms in total. The maximum absolute atomic E-state index is 13.8. The highest BCUT2D eigenvalue weighted by molar-refractivity contribution is 5.98. The molecule has 0 aliphatic carbocycles. The normalized spacial score (nSPS) is 17.5. The fraction of sp³-hybridized carbons (Fsp3) is 0.750. The number of nitrogens with one attached hydrogen (secondary N) is 10. The van der Waals surface area contributed by atoms with Crippen molar-refractivity contribution >= 4 is 59.1 Å². The van der Waals surface area contributed by atoms with Crippen molar-refractivity contribution < 1.29 is 63.3 Å². The first-order valence-electron chi connectivity index (χ1n) is 22.0. The number of rotatable bonds is 31. The van der Waals surface area contributed by atoms with Crippen LogP contribution in [0.15, 0.2) is 0 Å². The van der Waals surface area contributed by atoms with Gasteiger partial charge in [-0.15, -0.1) is 0 Å². The average molecular weight is 929 g/mol. The second-order valence-corrected chi connectivity index (χ2v) is 16.0. The van der Waals surface area contributed by atoms with Crippen molar-refractivity contribution in [2.45, 2.75) is 147 Å². The van der Waals surface area contributed by atoms with E-state index in [0.717, 1.165) is 6.42 Å². The van der Waals surface area contributed by atoms with Crippen molar-refractivity contribution in [3.8, 4) is 0 Å². The molecule has 0 unspecified atom stereocenters. The van der Waals surface area contributed by atoms with Crippen LogP contribution in [0.5, 0.6) is 0 Å². The van der Waals surface area contributed by atoms with Gasteiger partial charge in [-0.3, -0.25) is 43.2 Å². The molecule has 1 fully saturated rings. The molecule has 1 aliphatic heterocycles. The zero-order valence-electron chi connectivity index (χ0n) is 38.0. The van der Waals surface area contributed by atoms with Crippen molar-refractivity contribution in [1.29, 1.82) is 0 Å². The Morgan fingerprint density at radius 1 is 0.585 bits per heavy atom. The third-order valence-electron chi connectivity index (χ3n) is 10.6. The summed E-state index contributed by atoms with van der Waals surface area (Å²) in [5, 5.41) is 53.7. The summed E-state index contributed by atoms with van der Waals surface area (Å²) in [7, 11) is 0. The lowest BCUT2D eigenvalue weighted by atomic mass is 9.97. The Bertz CT molecular complexity index is 1620. The molecule has 65 heavy (non-hydrogen) atoms. The number of carbonyl (C=O) groups is 10. The van der Waals surface area contributed by atoms with Gasteiger partial charge in [-0.25, -0.2) is 4.79 Å². The number of aliphatic hydroxyl groups excluding tert-OH is 2. The van der Waals surface area contributed by atoms with E-state index in [2.05, 4.69) is 53.2 Å². The molecule has 370 valence electrons. The molecular weight excluding hydrogens is 857 g/mol. The average Bonchev–Trinajstić information content (AvgIpc) is 3.82. The molecule has 17 N–H and O–H groups in total. The molecule has 0 spiro atoms. The summed E-state index contributed by atoms with van der Waals surface area (Å²) >= 11 is 0. The number of amides is 9. The van der Waals surface area contributed by atoms with Crippen LogP contribution in [-0.4, -0.2) is 168 Å². The minimum absolute atomic E-state index is 0.0523. The smallest absolute Gasteiger partial charge is 0.328 e. The molecular formula is C40H72N12O13. The Hall–Kier alpha value is -5.50. The molecule has 0 aromatic carbocycles. The van der Waals surface area contributed by atoms with Gasteiger partial charge >= 0.3 is 5.97 Å². The molecule has 1 rings (SSSR count). The largest absolute Gasteiger partial charge is 0.480 e. The minimum Gasteiger partial charge on any atom is -0.480 e. The molecule has 0 aromatic heterocycles. The fourth-order valence-electron chi connectivity index (χ4n) is 6.33. The van der Waals surface area contributed by atoms with Crippen molar-refractivity contribution in [3.05, 3.63) is 0 Å². The van der Waals surface area contributed by atoms with Gasteiger partial charge in [0.2, 0.25) is 53.2 Å². The van der Waals surface area contributed by atoms with E-state index in [4.69, 9.17) is 11.5 Å². The number of carboxylic acids is 1. The fourth-order valence-corrected chi connectivity index (χ4v) is 6.33. The lowest BCUT2D eigenvalue weighted by molar-refractivity contribution is -0.143. The minimum atomic E-state index is -1.64. The number of unbranched alkanes of at least 4 members (excludes halogenated alkanes) is 2. The predicted octanol–water partition coefficient (Wildman–Crippen LogP) is -5.83. The molecule has 1 heterocycles. The maximum atomic E-state index is 13.8. The topological polar surface area (TPSA) is 404 Å². The predicted molar refractivity (Wildman–Crippen MR) is 234 cm³/mol. The van der Waals surface area contributed by atoms with Crippen LogP contribution in [0, 0.1) is 5.92 Å². The molecule has 1 saturated heterocycles. The summed E-state index contributed by atoms with van der Waals surface area (Å²) in [6.07, 6.45) is 3.60. The van der Waals surface area contributed by atoms with Gasteiger partial charge < -0.3 is 80.0 Å². The Morgan fingerprint density at radius 3 is 1.55 bits per heavy atom. The second-order valence-electron chi connectivity index (χ2n) is 16.0. The van der Waals surface area contributed by atoms with Gasteiger partial charge in [-0.2, -0.15) is 0 Å². The van der Waals surface area contributed by atoms with Gasteiger partial charge in [0.05, 0.1) is 25.8 Å². The molecule has 10 atom stereocenters. The Balaban J connectivity index is 2.95. The van der Waals surface area contributed by atoms with Gasteiger partial charge in [0, 0.05) is 0 Å². The molecule has 0 aromatic rings. The van der Waals surface area contributed by atoms with Gasteiger partial charge in [0.15, 0.2) is 0 Å². The molecule has 9 amide bonds. The highest BCUT2D eigenvalue weighted by atomic mass is 16.4. The summed E-state index contributed by atoms with van der Waals surface area (Å²) in [4.78, 5) is 129. The summed E-state index contributed by atoms with van der Waals surface area (Å²) in [6, 6.07) is -10.9. The van der Waals surface area contributed by atoms with Crippen LogP contribution in [0.2, 0.25) is 0 Å². The van der Waals surface area contributed by atoms with Crippen LogP contribution in [-0.2, 0) is 47.9 Å². The lowest BCUT2D eigenvalue weighted by Crippen LogP contribution is -2.61. The molecule has 0 bridgehead atoms. The second kappa shape index (κ2) is 30.6. The number of carboxylic acid groups (broad SMARTS) is 1. The molecule has 0 radical (unpaired) electrons. The van der Waals surface area contributed by atoms with Crippen LogP contribution in [0.25, 0.3) is 0 Å². The van der Waals surface area contributed by atoms with Gasteiger partial charge in [0.1, 0.15) is 48.3 Å². The van der Waals surface area contributed by atoms with Crippen molar-refractivity contribution in [3.63, 3.8) is 0 Å². The van der Waals surface area contributed by atoms with Gasteiger partial charge in [-0.05, 0) is 97.7 Å². The number of aliphatic hydroxyl groups is 2. The van der Waals surface area contributed by atoms with E-state index in [1.54, 1.807) is 13.8 Å². The number of carbonyl (C=O) groups excluding carboxylic acids is 9. The van der Waals surface area contributed by atoms with Crippen molar-refractivity contribution in [2.75, 3.05) is 39.4 Å². The van der Waals surface area contributed by atoms with Gasteiger partial charge in [-0.1, -0.05) is 20.3 Å². The number of hydrogen-bond acceptors (Lipinski definition) is 15. The Morgan fingerprint density at radius 2 is 1.06 bits per heavy atom. The first-order valence-corrected chi connectivity index (χ1v) is 22.0. The third kappa shape index (κ3) is 20.9. The maximum Gasteiger partial charge on any atom is 0.328 e. The van der Waals surface area contributed by atoms with Crippen molar-refractivity contribution in [1.82, 2.24) is 53.2 Å². The molecule has 25 heteroatoms. The van der Waals surface area contributed by atoms with E-state index in [1.807, 2.05) is 0 Å². The molecule has 1 aliphatic rings. The quantitative estimate of drug-likeness (QED) is 0.0288. The highest BCUT2D eigenvalue weighted by Crippen LogP contribution is 2.12. The van der Waals surface area contributed by atoms with Crippen LogP contribution < -0.4 is 64.6 Å². The SMILES string of the molecule is CC[C@H](C)[C@H](NC(=O)[C@H](CO)NC(=O)[C@H](C)NC(=O)[C@H](C)NC(=O)CNC(=O)[C@H](C)NC(=O)[C@@H]1CCCN1)C(=O)N[C@@H](CCCCN)C(=O)N[C@@H](CCCCN)C(=O)N[C@@H](CO)C(=O)O. The van der Waals surface area contributed by atoms with E-state index >= 15 is 0 Å². The van der Waals surface area contributed by atoms with E-state index in [1.165, 1.54) is 20.8 Å². The summed E-state index contributed by atoms with van der Waals surface area (Å²) < 4.78 is 0. The first-order chi connectivity index (χ1) is 30.7. The van der Waals surface area contributed by atoms with Crippen LogP contribution in [0.1, 0.15) is 92.4 Å². The van der Waals surface area contributed by atoms with Crippen LogP contribution >= 0.6 is 0 Å². The van der Waals surface area contributed by atoms with Gasteiger partial charge in [0.25, 0.3) is 0 Å². The van der Waals surface area contributed by atoms with E-state index in [-0.39, 0.29) is 31.8 Å². The third-order valence-corrected chi connectivity index (χ3v) is 10.6. The highest BCUT2D eigenvalue weighted by Gasteiger charge is 2.35. The number of nitrogens with two attached hydrogens (primary N) is 2. The summed E-state index contributed by atoms with van der Waals surface area (Å²) in [5.41, 5.74) is 11.2. The summed E-state index contributed by atoms with van der Waals surface area (Å²) in [6.45, 7) is 6.32. The molecule has 0 saturated carbocycles. The van der Waals surface area contributed by atoms with Crippen LogP contribution in [0.3, 0.4) is 0 Å². The Labute approximate surface area is 378 Å². The monoisotopic (exact) mass is 929 g/mol. The van der Waals surface area contributed by atoms with E-state index in [0.29, 0.717) is 45.1 Å². The standard InChI is InChI=1S/C40H72N12O13/c1-6-21(2)31(39(63)49-27(13-8-10-16-42)36(60)48-26(12-7-9-15-41)37(61)51-29(20-54)40(64)65)52-38(62)28(19-53)50-34(58)24(5)46-33(57)23(4)45-30(55)18-44-32(56)22(3)47-35(59)25-14-11-17-43-25/h21-29,31,43,53-54H,6-20,41-42H2,1-5H3,(H,44,56)(H,45,55)(H,46,57)(H,47,59)(H,48,60)(H,49,63)(H,50,58)(H,51,61)(H,52,62)(H,64,65)/t21-,22-,23-,24-,25-,26-,27-,28-,29-,31-/m0/s1. The van der Waals surface area contributed by atoms with E-state index in [9.17, 15) is 63.3 Å². The zero-order chi connectivity index (χ0) is 49.2. The zero-order valence-corrected chi connectivity index (χ0v) is 38.0. The summed E-state index contributed by atoms with van der Waals surface area (Å²) in [5.74, 6) is -8.96. The van der Waals surface area contributed by atoms with Crippen molar-refractivity contribution in [2.24, 2.45) is 17.4 Å². The van der Waals surface area contributed by atoms with E-state index < -0.39 is 133 Å². The van der Waals surface area contributed by atoms with Crippen LogP contribution in [0.4, 0.5) is 0 Å². The number of aliphatic carboxylic acids is 1. The lowest BCUT2D eigenvalue weighted by Gasteiger charge is -2.29. The first kappa shape index (κ1) is 57.5. The number of hydrogen-bond donors (Lipinski definition) is 15. The Kier molecular flexibility index (Phi) is 27.1.